The van der Waals surface area contributed by atoms with E-state index in [1.54, 1.807) is 6.08 Å². The quantitative estimate of drug-likeness (QED) is 0.0199. The maximum absolute atomic E-state index is 13.4. The maximum atomic E-state index is 13.4. The molecule has 0 aromatic heterocycles. The fourth-order valence-electron chi connectivity index (χ4n) is 11.1. The monoisotopic (exact) mass is 1380 g/mol. The second-order valence-electron chi connectivity index (χ2n) is 25.3. The molecule has 0 aliphatic carbocycles. The van der Waals surface area contributed by atoms with Gasteiger partial charge in [-0.1, -0.05) is 230 Å². The molecule has 1 amide bonds. The minimum Gasteiger partial charge on any atom is -0.394 e. The molecule has 0 radical (unpaired) electrons. The highest BCUT2D eigenvalue weighted by Gasteiger charge is 2.53. The van der Waals surface area contributed by atoms with Crippen molar-refractivity contribution in [2.45, 2.75) is 304 Å². The van der Waals surface area contributed by atoms with Crippen LogP contribution < -0.4 is 5.32 Å². The van der Waals surface area contributed by atoms with Gasteiger partial charge in [-0.2, -0.15) is 0 Å². The van der Waals surface area contributed by atoms with E-state index in [9.17, 15) is 61.0 Å². The van der Waals surface area contributed by atoms with Crippen LogP contribution in [0.1, 0.15) is 200 Å². The summed E-state index contributed by atoms with van der Waals surface area (Å²) in [6.07, 6.45) is 57.9. The van der Waals surface area contributed by atoms with Crippen molar-refractivity contribution in [1.29, 1.82) is 0 Å². The minimum atomic E-state index is -1.99. The van der Waals surface area contributed by atoms with Crippen molar-refractivity contribution in [2.75, 3.05) is 26.4 Å². The van der Waals surface area contributed by atoms with Crippen LogP contribution >= 0.6 is 0 Å². The molecule has 98 heavy (non-hydrogen) atoms. The third-order valence-electron chi connectivity index (χ3n) is 17.0. The number of hydrogen-bond donors (Lipinski definition) is 12. The summed E-state index contributed by atoms with van der Waals surface area (Å²) < 4.78 is 34.3. The lowest BCUT2D eigenvalue weighted by Gasteiger charge is -2.48. The molecule has 3 aliphatic rings. The summed E-state index contributed by atoms with van der Waals surface area (Å²) in [6, 6.07) is -1.02. The van der Waals surface area contributed by atoms with Crippen molar-refractivity contribution in [3.05, 3.63) is 158 Å². The van der Waals surface area contributed by atoms with Crippen molar-refractivity contribution in [3.8, 4) is 0 Å². The predicted molar refractivity (Wildman–Crippen MR) is 387 cm³/mol. The first-order valence-corrected chi connectivity index (χ1v) is 36.7. The van der Waals surface area contributed by atoms with Gasteiger partial charge in [0.25, 0.3) is 0 Å². The highest BCUT2D eigenvalue weighted by molar-refractivity contribution is 5.76. The normalized spacial score (nSPS) is 27.7. The van der Waals surface area contributed by atoms with Crippen LogP contribution in [-0.2, 0) is 33.2 Å². The van der Waals surface area contributed by atoms with Crippen molar-refractivity contribution in [1.82, 2.24) is 5.32 Å². The van der Waals surface area contributed by atoms with Crippen molar-refractivity contribution in [3.63, 3.8) is 0 Å². The highest BCUT2D eigenvalue weighted by atomic mass is 16.8. The average Bonchev–Trinajstić information content (AvgIpc) is 0.784. The molecule has 0 bridgehead atoms. The number of hydrogen-bond acceptors (Lipinski definition) is 18. The van der Waals surface area contributed by atoms with E-state index in [-0.39, 0.29) is 18.9 Å². The third-order valence-corrected chi connectivity index (χ3v) is 17.0. The molecule has 0 spiro atoms. The van der Waals surface area contributed by atoms with Crippen LogP contribution in [0.3, 0.4) is 0 Å². The molecule has 3 saturated heterocycles. The van der Waals surface area contributed by atoms with Crippen molar-refractivity contribution >= 4 is 5.91 Å². The summed E-state index contributed by atoms with van der Waals surface area (Å²) in [6.45, 7) is 1.54. The van der Waals surface area contributed by atoms with Gasteiger partial charge in [0.15, 0.2) is 18.9 Å². The SMILES string of the molecule is CC/C=C\C/C=C\C/C=C\C/C=C\C/C=C\C/C=C\C/C=C\C/C=C\C/C=C\C/C=C\CCCCCCCCC(=O)NC(COC1OC(CO)C(OC2OC(CO)C(OC3OC(CO)C(O)C(O)C3O)C(O)C2O)C(O)C1O)C(O)/C=C/CC/C=C/CC/C=C/CCCCCCCC. The number of amides is 1. The number of carbonyl (C=O) groups is 1. The van der Waals surface area contributed by atoms with Crippen LogP contribution in [0.5, 0.6) is 0 Å². The van der Waals surface area contributed by atoms with Crippen molar-refractivity contribution < 1.29 is 89.4 Å². The zero-order valence-electron chi connectivity index (χ0n) is 58.9. The van der Waals surface area contributed by atoms with Crippen LogP contribution in [0.2, 0.25) is 0 Å². The average molecular weight is 1380 g/mol. The molecule has 0 aromatic carbocycles. The molecule has 0 aromatic rings. The van der Waals surface area contributed by atoms with Gasteiger partial charge in [0.05, 0.1) is 38.6 Å². The van der Waals surface area contributed by atoms with Gasteiger partial charge in [-0.15, -0.1) is 0 Å². The number of nitrogens with one attached hydrogen (secondary N) is 1. The Labute approximate surface area is 586 Å². The second-order valence-corrected chi connectivity index (χ2v) is 25.3. The van der Waals surface area contributed by atoms with Gasteiger partial charge in [0, 0.05) is 6.42 Å². The van der Waals surface area contributed by atoms with Crippen LogP contribution in [0.15, 0.2) is 158 Å². The van der Waals surface area contributed by atoms with Crippen molar-refractivity contribution in [2.24, 2.45) is 0 Å². The summed E-state index contributed by atoms with van der Waals surface area (Å²) >= 11 is 0. The molecule has 19 heteroatoms. The number of aliphatic hydroxyl groups excluding tert-OH is 11. The number of rotatable bonds is 54. The topological polar surface area (TPSA) is 307 Å². The summed E-state index contributed by atoms with van der Waals surface area (Å²) in [5.74, 6) is -0.312. The molecular formula is C79H127NO18. The van der Waals surface area contributed by atoms with Gasteiger partial charge in [-0.05, 0) is 122 Å². The van der Waals surface area contributed by atoms with Crippen LogP contribution in [0.25, 0.3) is 0 Å². The zero-order valence-corrected chi connectivity index (χ0v) is 58.9. The fraction of sp³-hybridized carbons (Fsp3) is 0.658. The summed E-state index contributed by atoms with van der Waals surface area (Å²) in [4.78, 5) is 13.4. The summed E-state index contributed by atoms with van der Waals surface area (Å²) in [5.41, 5.74) is 0. The smallest absolute Gasteiger partial charge is 0.220 e. The number of ether oxygens (including phenoxy) is 6. The molecular weight excluding hydrogens is 1250 g/mol. The lowest BCUT2D eigenvalue weighted by Crippen LogP contribution is -2.66. The van der Waals surface area contributed by atoms with Crippen LogP contribution in [-0.4, -0.2) is 193 Å². The summed E-state index contributed by atoms with van der Waals surface area (Å²) in [7, 11) is 0. The Kier molecular flexibility index (Phi) is 51.8. The zero-order chi connectivity index (χ0) is 71.1. The Balaban J connectivity index is 1.39. The number of carbonyl (C=O) groups excluding carboxylic acids is 1. The first-order chi connectivity index (χ1) is 47.8. The van der Waals surface area contributed by atoms with Gasteiger partial charge in [-0.25, -0.2) is 0 Å². The highest BCUT2D eigenvalue weighted by Crippen LogP contribution is 2.33. The summed E-state index contributed by atoms with van der Waals surface area (Å²) in [5, 5.41) is 121. The second kappa shape index (κ2) is 58.0. The Morgan fingerprint density at radius 2 is 0.714 bits per heavy atom. The third kappa shape index (κ3) is 38.4. The standard InChI is InChI=1S/C79H127NO18/c1-3-5-7-9-11-13-15-17-19-21-22-23-24-25-26-27-28-29-30-31-32-33-34-35-36-37-38-39-40-41-43-45-47-49-51-53-55-57-67(85)80-62(63(84)56-54-52-50-48-46-44-42-20-18-16-14-12-10-8-6-4-2)61-93-77-73(91)70(88)75(65(59-82)95-77)98-79-74(92)71(89)76(66(60-83)96-79)97-78-72(90)69(87)68(86)64(58-81)94-78/h5,7,11,13,17-20,22-23,25-26,28-29,31-32,34-35,37-38,40-41,46,48,54,56,62-66,68-79,81-84,86-92H,3-4,6,8-10,12,14-16,21,24,27,30,33,36,39,42-45,47,49-53,55,57-61H2,1-2H3,(H,80,85)/b7-5-,13-11-,19-17-,20-18+,23-22-,26-25-,29-28-,32-31-,35-34-,38-37-,41-40-,48-46+,56-54+. The van der Waals surface area contributed by atoms with E-state index in [4.69, 9.17) is 28.4 Å². The van der Waals surface area contributed by atoms with E-state index >= 15 is 0 Å². The molecule has 3 rings (SSSR count). The molecule has 556 valence electrons. The molecule has 3 aliphatic heterocycles. The Morgan fingerprint density at radius 1 is 0.378 bits per heavy atom. The molecule has 3 heterocycles. The lowest BCUT2D eigenvalue weighted by molar-refractivity contribution is -0.379. The number of unbranched alkanes of at least 4 members (excludes halogenated alkanes) is 14. The molecule has 17 unspecified atom stereocenters. The Hall–Kier alpha value is -4.59. The van der Waals surface area contributed by atoms with E-state index in [0.717, 1.165) is 128 Å². The van der Waals surface area contributed by atoms with Gasteiger partial charge in [0.1, 0.15) is 73.2 Å². The fourth-order valence-corrected chi connectivity index (χ4v) is 11.1. The first kappa shape index (κ1) is 87.6. The van der Waals surface area contributed by atoms with E-state index in [0.29, 0.717) is 12.8 Å². The van der Waals surface area contributed by atoms with E-state index in [2.05, 4.69) is 165 Å². The van der Waals surface area contributed by atoms with Gasteiger partial charge in [0.2, 0.25) is 5.91 Å². The number of aliphatic hydroxyl groups is 11. The maximum Gasteiger partial charge on any atom is 0.220 e. The molecule has 17 atom stereocenters. The molecule has 19 nitrogen and oxygen atoms in total. The van der Waals surface area contributed by atoms with E-state index < -0.39 is 124 Å². The van der Waals surface area contributed by atoms with E-state index in [1.807, 2.05) is 6.08 Å². The predicted octanol–water partition coefficient (Wildman–Crippen LogP) is 10.9. The van der Waals surface area contributed by atoms with Crippen LogP contribution in [0, 0.1) is 0 Å². The Bertz CT molecular complexity index is 2390. The van der Waals surface area contributed by atoms with Gasteiger partial charge >= 0.3 is 0 Å². The number of allylic oxidation sites excluding steroid dienone is 25. The molecule has 3 fully saturated rings. The van der Waals surface area contributed by atoms with Crippen LogP contribution in [0.4, 0.5) is 0 Å². The van der Waals surface area contributed by atoms with Gasteiger partial charge in [-0.3, -0.25) is 4.79 Å². The first-order valence-electron chi connectivity index (χ1n) is 36.7. The Morgan fingerprint density at radius 3 is 1.14 bits per heavy atom. The largest absolute Gasteiger partial charge is 0.394 e. The van der Waals surface area contributed by atoms with Gasteiger partial charge < -0.3 is 89.9 Å². The minimum absolute atomic E-state index is 0.204. The molecule has 12 N–H and O–H groups in total. The van der Waals surface area contributed by atoms with E-state index in [1.165, 1.54) is 38.5 Å². The molecule has 0 saturated carbocycles. The lowest BCUT2D eigenvalue weighted by atomic mass is 9.96.